The molecule has 0 spiro atoms. The Kier molecular flexibility index (Phi) is 5.64. The number of benzene rings is 1. The highest BCUT2D eigenvalue weighted by Crippen LogP contribution is 2.23. The van der Waals surface area contributed by atoms with Crippen molar-refractivity contribution in [2.75, 3.05) is 12.3 Å². The molecular weight excluding hydrogens is 422 g/mol. The lowest BCUT2D eigenvalue weighted by atomic mass is 10.1. The minimum atomic E-state index is -1.57. The smallest absolute Gasteiger partial charge is 0.273 e. The van der Waals surface area contributed by atoms with Gasteiger partial charge in [-0.2, -0.15) is 15.3 Å². The second-order valence-electron chi connectivity index (χ2n) is 7.00. The third-order valence-electron chi connectivity index (χ3n) is 4.55. The first kappa shape index (κ1) is 21.4. The van der Waals surface area contributed by atoms with E-state index < -0.39 is 11.5 Å². The van der Waals surface area contributed by atoms with Crippen molar-refractivity contribution in [1.82, 2.24) is 35.0 Å². The summed E-state index contributed by atoms with van der Waals surface area (Å²) in [7, 11) is 0. The van der Waals surface area contributed by atoms with Crippen LogP contribution in [0.4, 0.5) is 5.95 Å². The van der Waals surface area contributed by atoms with Gasteiger partial charge in [-0.05, 0) is 31.2 Å². The Hall–Kier alpha value is -4.87. The minimum absolute atomic E-state index is 0.0430. The van der Waals surface area contributed by atoms with Gasteiger partial charge in [0.2, 0.25) is 5.95 Å². The second-order valence-corrected chi connectivity index (χ2v) is 7.00. The number of amides is 1. The highest BCUT2D eigenvalue weighted by atomic mass is 16.3. The number of nitriles is 1. The van der Waals surface area contributed by atoms with Gasteiger partial charge < -0.3 is 16.2 Å². The molecule has 0 aliphatic carbocycles. The molecule has 0 saturated heterocycles. The first-order valence-electron chi connectivity index (χ1n) is 9.69. The van der Waals surface area contributed by atoms with Crippen molar-refractivity contribution in [2.45, 2.75) is 12.5 Å². The summed E-state index contributed by atoms with van der Waals surface area (Å²) in [6, 6.07) is 10.2. The van der Waals surface area contributed by atoms with Gasteiger partial charge in [0.1, 0.15) is 6.54 Å². The average Bonchev–Trinajstić information content (AvgIpc) is 3.21. The van der Waals surface area contributed by atoms with Gasteiger partial charge in [-0.25, -0.2) is 19.6 Å². The number of aromatic nitrogens is 6. The van der Waals surface area contributed by atoms with Crippen molar-refractivity contribution in [1.29, 1.82) is 5.26 Å². The number of carbonyl (C=O) groups is 1. The molecule has 0 fully saturated rings. The van der Waals surface area contributed by atoms with Gasteiger partial charge in [0.15, 0.2) is 22.9 Å². The van der Waals surface area contributed by atoms with Gasteiger partial charge in [-0.3, -0.25) is 4.79 Å². The summed E-state index contributed by atoms with van der Waals surface area (Å²) in [6.45, 7) is 1.34. The van der Waals surface area contributed by atoms with Crippen LogP contribution in [0.25, 0.3) is 16.7 Å². The number of carbonyl (C=O) groups excluding carboxylic acids is 1. The van der Waals surface area contributed by atoms with Crippen LogP contribution in [-0.4, -0.2) is 47.3 Å². The number of fused-ring (bicyclic) bond motifs is 1. The van der Waals surface area contributed by atoms with Crippen LogP contribution in [0.15, 0.2) is 48.9 Å². The minimum Gasteiger partial charge on any atom is -0.371 e. The molecule has 1 aromatic carbocycles. The fraction of sp³-hybridized carbons (Fsp3) is 0.136. The molecule has 0 saturated carbocycles. The van der Waals surface area contributed by atoms with Crippen molar-refractivity contribution in [3.05, 3.63) is 66.0 Å². The van der Waals surface area contributed by atoms with Crippen LogP contribution in [0, 0.1) is 23.2 Å². The van der Waals surface area contributed by atoms with E-state index in [-0.39, 0.29) is 24.0 Å². The Morgan fingerprint density at radius 2 is 2.03 bits per heavy atom. The van der Waals surface area contributed by atoms with Crippen LogP contribution in [0.5, 0.6) is 0 Å². The molecule has 3 aromatic heterocycles. The normalized spacial score (nSPS) is 12.3. The zero-order valence-corrected chi connectivity index (χ0v) is 17.4. The Bertz CT molecular complexity index is 1440. The van der Waals surface area contributed by atoms with E-state index in [0.717, 1.165) is 0 Å². The second kappa shape index (κ2) is 8.70. The van der Waals surface area contributed by atoms with E-state index >= 15 is 0 Å². The lowest BCUT2D eigenvalue weighted by molar-refractivity contribution is 0.0954. The lowest BCUT2D eigenvalue weighted by Gasteiger charge is -2.13. The van der Waals surface area contributed by atoms with Crippen LogP contribution in [-0.2, 0) is 5.60 Å². The number of nitrogens with two attached hydrogens (primary N) is 1. The largest absolute Gasteiger partial charge is 0.371 e. The molecule has 33 heavy (non-hydrogen) atoms. The molecule has 3 heterocycles. The number of nitrogens with zero attached hydrogens (tertiary/aromatic N) is 7. The lowest BCUT2D eigenvalue weighted by Crippen LogP contribution is -2.24. The van der Waals surface area contributed by atoms with E-state index in [1.54, 1.807) is 30.3 Å². The SMILES string of the molecule is CC(O)(C#Cc1ccc2c(C(=O)NCC#N)nn(-c3ccnc(N)n3)c2c1)c1ncccn1. The number of nitrogens with one attached hydrogen (secondary N) is 1. The molecule has 1 amide bonds. The number of nitrogen functional groups attached to an aromatic ring is 1. The molecular formula is C22H17N9O2. The molecule has 4 rings (SSSR count). The third kappa shape index (κ3) is 4.44. The molecule has 11 heteroatoms. The monoisotopic (exact) mass is 439 g/mol. The van der Waals surface area contributed by atoms with Crippen LogP contribution >= 0.6 is 0 Å². The average molecular weight is 439 g/mol. The van der Waals surface area contributed by atoms with Gasteiger partial charge in [-0.1, -0.05) is 11.8 Å². The van der Waals surface area contributed by atoms with Gasteiger partial charge in [0, 0.05) is 35.6 Å². The van der Waals surface area contributed by atoms with Gasteiger partial charge in [0.05, 0.1) is 11.6 Å². The Labute approximate surface area is 188 Å². The predicted octanol–water partition coefficient (Wildman–Crippen LogP) is 0.700. The van der Waals surface area contributed by atoms with E-state index in [0.29, 0.717) is 22.3 Å². The summed E-state index contributed by atoms with van der Waals surface area (Å²) < 4.78 is 1.44. The molecule has 4 aromatic rings. The maximum atomic E-state index is 12.6. The Morgan fingerprint density at radius 1 is 1.24 bits per heavy atom. The van der Waals surface area contributed by atoms with Crippen LogP contribution in [0.2, 0.25) is 0 Å². The molecule has 162 valence electrons. The van der Waals surface area contributed by atoms with E-state index in [4.69, 9.17) is 11.0 Å². The first-order valence-corrected chi connectivity index (χ1v) is 9.69. The fourth-order valence-corrected chi connectivity index (χ4v) is 3.02. The number of hydrogen-bond donors (Lipinski definition) is 3. The highest BCUT2D eigenvalue weighted by molar-refractivity contribution is 6.05. The van der Waals surface area contributed by atoms with Crippen molar-refractivity contribution >= 4 is 22.8 Å². The van der Waals surface area contributed by atoms with Crippen molar-refractivity contribution in [2.24, 2.45) is 0 Å². The third-order valence-corrected chi connectivity index (χ3v) is 4.55. The van der Waals surface area contributed by atoms with E-state index in [1.165, 1.54) is 30.2 Å². The number of rotatable bonds is 4. The fourth-order valence-electron chi connectivity index (χ4n) is 3.02. The van der Waals surface area contributed by atoms with Crippen LogP contribution in [0.3, 0.4) is 0 Å². The van der Waals surface area contributed by atoms with E-state index in [9.17, 15) is 9.90 Å². The molecule has 0 aliphatic rings. The van der Waals surface area contributed by atoms with Crippen LogP contribution in [0.1, 0.15) is 28.8 Å². The standard InChI is InChI=1S/C22H17N9O2/c1-22(33,20-26-9-2-10-27-20)7-5-14-3-4-15-16(13-14)31(17-6-11-28-21(24)29-17)30-18(15)19(32)25-12-8-23/h2-4,6,9-11,13,33H,12H2,1H3,(H,25,32)(H2,24,28,29). The number of aliphatic hydroxyl groups is 1. The van der Waals surface area contributed by atoms with Gasteiger partial charge in [-0.15, -0.1) is 0 Å². The summed E-state index contributed by atoms with van der Waals surface area (Å²) in [5.41, 5.74) is 5.33. The molecule has 1 unspecified atom stereocenters. The molecule has 0 bridgehead atoms. The molecule has 4 N–H and O–H groups in total. The zero-order chi connectivity index (χ0) is 23.4. The summed E-state index contributed by atoms with van der Waals surface area (Å²) >= 11 is 0. The molecule has 1 atom stereocenters. The van der Waals surface area contributed by atoms with E-state index in [2.05, 4.69) is 42.2 Å². The van der Waals surface area contributed by atoms with Crippen molar-refractivity contribution in [3.8, 4) is 23.7 Å². The van der Waals surface area contributed by atoms with Gasteiger partial charge in [0.25, 0.3) is 5.91 Å². The molecule has 0 radical (unpaired) electrons. The summed E-state index contributed by atoms with van der Waals surface area (Å²) in [4.78, 5) is 28.7. The number of hydrogen-bond acceptors (Lipinski definition) is 9. The first-order chi connectivity index (χ1) is 15.9. The summed E-state index contributed by atoms with van der Waals surface area (Å²) in [5, 5.41) is 26.8. The summed E-state index contributed by atoms with van der Waals surface area (Å²) in [6.07, 6.45) is 4.52. The quantitative estimate of drug-likeness (QED) is 0.306. The predicted molar refractivity (Wildman–Crippen MR) is 117 cm³/mol. The Morgan fingerprint density at radius 3 is 2.76 bits per heavy atom. The van der Waals surface area contributed by atoms with E-state index in [1.807, 2.05) is 6.07 Å². The maximum absolute atomic E-state index is 12.6. The molecule has 0 aliphatic heterocycles. The van der Waals surface area contributed by atoms with Gasteiger partial charge >= 0.3 is 0 Å². The zero-order valence-electron chi connectivity index (χ0n) is 17.4. The topological polar surface area (TPSA) is 169 Å². The number of anilines is 1. The maximum Gasteiger partial charge on any atom is 0.273 e. The molecule has 11 nitrogen and oxygen atoms in total. The summed E-state index contributed by atoms with van der Waals surface area (Å²) in [5.74, 6) is 5.75. The van der Waals surface area contributed by atoms with Crippen LogP contribution < -0.4 is 11.1 Å². The van der Waals surface area contributed by atoms with Crippen molar-refractivity contribution < 1.29 is 9.90 Å². The Balaban J connectivity index is 1.82. The van der Waals surface area contributed by atoms with Crippen molar-refractivity contribution in [3.63, 3.8) is 0 Å². The highest BCUT2D eigenvalue weighted by Gasteiger charge is 2.23.